The topological polar surface area (TPSA) is 49.3 Å². The summed E-state index contributed by atoms with van der Waals surface area (Å²) < 4.78 is 0. The predicted octanol–water partition coefficient (Wildman–Crippen LogP) is 1.92. The van der Waals surface area contributed by atoms with Crippen LogP contribution in [-0.4, -0.2) is 29.5 Å². The van der Waals surface area contributed by atoms with Gasteiger partial charge in [0.25, 0.3) is 0 Å². The number of halogens is 1. The van der Waals surface area contributed by atoms with Crippen LogP contribution in [0.2, 0.25) is 0 Å². The summed E-state index contributed by atoms with van der Waals surface area (Å²) in [5, 5.41) is 12.3. The van der Waals surface area contributed by atoms with Crippen molar-refractivity contribution in [3.63, 3.8) is 0 Å². The van der Waals surface area contributed by atoms with E-state index in [2.05, 4.69) is 5.32 Å². The fourth-order valence-corrected chi connectivity index (χ4v) is 2.01. The van der Waals surface area contributed by atoms with Crippen molar-refractivity contribution in [2.75, 3.05) is 12.4 Å². The van der Waals surface area contributed by atoms with Crippen molar-refractivity contribution in [2.24, 2.45) is 11.3 Å². The largest absolute Gasteiger partial charge is 0.393 e. The van der Waals surface area contributed by atoms with Gasteiger partial charge in [-0.15, -0.1) is 11.6 Å². The zero-order chi connectivity index (χ0) is 12.2. The Hall–Kier alpha value is -0.280. The minimum absolute atomic E-state index is 0.0219. The van der Waals surface area contributed by atoms with E-state index in [-0.39, 0.29) is 12.0 Å². The van der Waals surface area contributed by atoms with Crippen molar-refractivity contribution >= 4 is 17.5 Å². The summed E-state index contributed by atoms with van der Waals surface area (Å²) in [7, 11) is 0. The van der Waals surface area contributed by atoms with E-state index in [1.165, 1.54) is 0 Å². The molecule has 0 radical (unpaired) electrons. The van der Waals surface area contributed by atoms with Crippen molar-refractivity contribution in [1.29, 1.82) is 0 Å². The van der Waals surface area contributed by atoms with E-state index in [0.29, 0.717) is 18.3 Å². The third kappa shape index (κ3) is 3.95. The maximum absolute atomic E-state index is 11.8. The van der Waals surface area contributed by atoms with Gasteiger partial charge in [-0.1, -0.05) is 0 Å². The highest BCUT2D eigenvalue weighted by Crippen LogP contribution is 2.24. The zero-order valence-electron chi connectivity index (χ0n) is 10.1. The van der Waals surface area contributed by atoms with Crippen molar-refractivity contribution < 1.29 is 9.90 Å². The molecule has 0 spiro atoms. The van der Waals surface area contributed by atoms with Gasteiger partial charge in [0, 0.05) is 12.4 Å². The number of hydrogen-bond acceptors (Lipinski definition) is 2. The van der Waals surface area contributed by atoms with E-state index in [9.17, 15) is 9.90 Å². The van der Waals surface area contributed by atoms with E-state index < -0.39 is 5.41 Å². The van der Waals surface area contributed by atoms with Crippen LogP contribution in [0, 0.1) is 11.3 Å². The summed E-state index contributed by atoms with van der Waals surface area (Å²) in [6, 6.07) is 0. The first-order valence-corrected chi connectivity index (χ1v) is 6.51. The Morgan fingerprint density at radius 2 is 1.94 bits per heavy atom. The zero-order valence-corrected chi connectivity index (χ0v) is 10.9. The van der Waals surface area contributed by atoms with E-state index in [1.807, 2.05) is 13.8 Å². The molecular formula is C12H22ClNO2. The fraction of sp³-hybridized carbons (Fsp3) is 0.917. The lowest BCUT2D eigenvalue weighted by molar-refractivity contribution is -0.128. The highest BCUT2D eigenvalue weighted by atomic mass is 35.5. The number of rotatable bonds is 4. The molecule has 0 aliphatic heterocycles. The lowest BCUT2D eigenvalue weighted by atomic mass is 9.87. The van der Waals surface area contributed by atoms with Crippen molar-refractivity contribution in [3.05, 3.63) is 0 Å². The molecule has 1 fully saturated rings. The number of hydrogen-bond donors (Lipinski definition) is 2. The van der Waals surface area contributed by atoms with Crippen molar-refractivity contribution in [1.82, 2.24) is 5.32 Å². The summed E-state index contributed by atoms with van der Waals surface area (Å²) in [5.41, 5.74) is -0.490. The average molecular weight is 248 g/mol. The molecule has 1 aliphatic carbocycles. The third-order valence-corrected chi connectivity index (χ3v) is 3.98. The molecule has 0 unspecified atom stereocenters. The molecule has 0 atom stereocenters. The number of amides is 1. The molecule has 94 valence electrons. The number of carbonyl (C=O) groups excluding carboxylic acids is 1. The first kappa shape index (κ1) is 13.8. The summed E-state index contributed by atoms with van der Waals surface area (Å²) >= 11 is 5.73. The van der Waals surface area contributed by atoms with Gasteiger partial charge in [-0.25, -0.2) is 0 Å². The fourth-order valence-electron chi connectivity index (χ4n) is 1.89. The number of alkyl halides is 1. The maximum atomic E-state index is 11.8. The van der Waals surface area contributed by atoms with Crippen molar-refractivity contribution in [3.8, 4) is 0 Å². The molecule has 4 heteroatoms. The van der Waals surface area contributed by atoms with Crippen LogP contribution in [0.3, 0.4) is 0 Å². The molecule has 3 nitrogen and oxygen atoms in total. The molecular weight excluding hydrogens is 226 g/mol. The monoisotopic (exact) mass is 247 g/mol. The first-order valence-electron chi connectivity index (χ1n) is 5.98. The summed E-state index contributed by atoms with van der Waals surface area (Å²) in [6.07, 6.45) is 3.59. The number of nitrogens with one attached hydrogen (secondary N) is 1. The lowest BCUT2D eigenvalue weighted by Crippen LogP contribution is -2.41. The maximum Gasteiger partial charge on any atom is 0.226 e. The second kappa shape index (κ2) is 5.87. The van der Waals surface area contributed by atoms with Gasteiger partial charge in [-0.2, -0.15) is 0 Å². The van der Waals surface area contributed by atoms with Gasteiger partial charge < -0.3 is 10.4 Å². The number of carbonyl (C=O) groups is 1. The highest BCUT2D eigenvalue weighted by molar-refractivity contribution is 6.19. The Balaban J connectivity index is 2.27. The third-order valence-electron chi connectivity index (χ3n) is 3.32. The van der Waals surface area contributed by atoms with E-state index in [0.717, 1.165) is 25.7 Å². The molecule has 2 N–H and O–H groups in total. The van der Waals surface area contributed by atoms with Crippen LogP contribution in [0.4, 0.5) is 0 Å². The molecule has 1 saturated carbocycles. The van der Waals surface area contributed by atoms with E-state index >= 15 is 0 Å². The second-order valence-corrected chi connectivity index (χ2v) is 5.67. The molecule has 1 rings (SSSR count). The molecule has 0 aromatic carbocycles. The predicted molar refractivity (Wildman–Crippen MR) is 65.5 cm³/mol. The normalized spacial score (nSPS) is 26.5. The van der Waals surface area contributed by atoms with Gasteiger partial charge in [0.1, 0.15) is 0 Å². The Labute approximate surface area is 103 Å². The Kier molecular flexibility index (Phi) is 5.06. The van der Waals surface area contributed by atoms with Crippen LogP contribution in [0.25, 0.3) is 0 Å². The number of aliphatic hydroxyl groups is 1. The van der Waals surface area contributed by atoms with Gasteiger partial charge >= 0.3 is 0 Å². The van der Waals surface area contributed by atoms with Crippen LogP contribution >= 0.6 is 11.6 Å². The first-order chi connectivity index (χ1) is 7.45. The smallest absolute Gasteiger partial charge is 0.226 e. The van der Waals surface area contributed by atoms with Crippen LogP contribution in [0.1, 0.15) is 39.5 Å². The lowest BCUT2D eigenvalue weighted by Gasteiger charge is -2.27. The SMILES string of the molecule is CC(C)(CCl)C(=O)NCC1CCC(O)CC1. The summed E-state index contributed by atoms with van der Waals surface area (Å²) in [4.78, 5) is 11.8. The molecule has 0 bridgehead atoms. The average Bonchev–Trinajstić information content (AvgIpc) is 2.28. The van der Waals surface area contributed by atoms with Crippen LogP contribution in [-0.2, 0) is 4.79 Å². The Morgan fingerprint density at radius 3 is 2.44 bits per heavy atom. The van der Waals surface area contributed by atoms with Gasteiger partial charge in [0.2, 0.25) is 5.91 Å². The standard InChI is InChI=1S/C12H22ClNO2/c1-12(2,8-13)11(16)14-7-9-3-5-10(15)6-4-9/h9-10,15H,3-8H2,1-2H3,(H,14,16). The minimum Gasteiger partial charge on any atom is -0.393 e. The van der Waals surface area contributed by atoms with E-state index in [1.54, 1.807) is 0 Å². The quantitative estimate of drug-likeness (QED) is 0.746. The Morgan fingerprint density at radius 1 is 1.38 bits per heavy atom. The number of aliphatic hydroxyl groups excluding tert-OH is 1. The molecule has 1 aliphatic rings. The molecule has 0 aromatic rings. The van der Waals surface area contributed by atoms with Gasteiger partial charge in [0.05, 0.1) is 11.5 Å². The van der Waals surface area contributed by atoms with Gasteiger partial charge in [0.15, 0.2) is 0 Å². The summed E-state index contributed by atoms with van der Waals surface area (Å²) in [6.45, 7) is 4.41. The Bertz CT molecular complexity index is 235. The molecule has 0 heterocycles. The van der Waals surface area contributed by atoms with Crippen LogP contribution < -0.4 is 5.32 Å². The molecule has 0 saturated heterocycles. The van der Waals surface area contributed by atoms with E-state index in [4.69, 9.17) is 11.6 Å². The van der Waals surface area contributed by atoms with Crippen LogP contribution in [0.15, 0.2) is 0 Å². The van der Waals surface area contributed by atoms with Crippen LogP contribution in [0.5, 0.6) is 0 Å². The summed E-state index contributed by atoms with van der Waals surface area (Å²) in [5.74, 6) is 0.870. The molecule has 1 amide bonds. The second-order valence-electron chi connectivity index (χ2n) is 5.40. The van der Waals surface area contributed by atoms with Crippen molar-refractivity contribution in [2.45, 2.75) is 45.6 Å². The molecule has 0 aromatic heterocycles. The minimum atomic E-state index is -0.490. The van der Waals surface area contributed by atoms with Gasteiger partial charge in [-0.05, 0) is 45.4 Å². The van der Waals surface area contributed by atoms with Gasteiger partial charge in [-0.3, -0.25) is 4.79 Å². The highest BCUT2D eigenvalue weighted by Gasteiger charge is 2.27. The molecule has 16 heavy (non-hydrogen) atoms.